The Morgan fingerprint density at radius 1 is 1.88 bits per heavy atom. The monoisotopic (exact) mass is 237 g/mol. The van der Waals surface area contributed by atoms with E-state index < -0.39 is 0 Å². The minimum absolute atomic E-state index is 1.04. The Bertz CT molecular complexity index is 194. The quantitative estimate of drug-likeness (QED) is 0.683. The summed E-state index contributed by atoms with van der Waals surface area (Å²) in [5.41, 5.74) is 1.13. The summed E-state index contributed by atoms with van der Waals surface area (Å²) >= 11 is 3.65. The molecule has 0 N–H and O–H groups in total. The smallest absolute Gasteiger partial charge is 0.122 e. The molecule has 1 aromatic rings. The predicted octanol–water partition coefficient (Wildman–Crippen LogP) is 2.39. The van der Waals surface area contributed by atoms with E-state index in [0.29, 0.717) is 0 Å². The van der Waals surface area contributed by atoms with Crippen LogP contribution in [0.5, 0.6) is 0 Å². The molecule has 0 aliphatic carbocycles. The largest absolute Gasteiger partial charge is 0.186 e. The van der Waals surface area contributed by atoms with Crippen LogP contribution in [0.25, 0.3) is 6.08 Å². The number of aromatic nitrogens is 1. The minimum Gasteiger partial charge on any atom is -0.186 e. The number of nitrogens with zero attached hydrogens (tertiary/aromatic N) is 1. The van der Waals surface area contributed by atoms with E-state index in [4.69, 9.17) is 0 Å². The van der Waals surface area contributed by atoms with Crippen molar-refractivity contribution in [1.29, 1.82) is 0 Å². The van der Waals surface area contributed by atoms with Gasteiger partial charge in [-0.15, -0.1) is 0 Å². The Morgan fingerprint density at radius 3 is 2.88 bits per heavy atom. The zero-order chi connectivity index (χ0) is 5.98. The second-order valence-electron chi connectivity index (χ2n) is 1.26. The van der Waals surface area contributed by atoms with Crippen LogP contribution in [-0.2, 0) is 0 Å². The van der Waals surface area contributed by atoms with Crippen molar-refractivity contribution < 1.29 is 0 Å². The van der Waals surface area contributed by atoms with Crippen molar-refractivity contribution in [2.24, 2.45) is 0 Å². The lowest BCUT2D eigenvalue weighted by Crippen LogP contribution is -1.68. The van der Waals surface area contributed by atoms with Crippen molar-refractivity contribution in [3.8, 4) is 0 Å². The third kappa shape index (κ3) is 1.08. The maximum atomic E-state index is 4.04. The van der Waals surface area contributed by atoms with Crippen LogP contribution < -0.4 is 0 Å². The van der Waals surface area contributed by atoms with Gasteiger partial charge < -0.3 is 0 Å². The highest BCUT2D eigenvalue weighted by atomic mass is 127. The normalized spacial score (nSPS) is 9.12. The molecule has 1 heterocycles. The summed E-state index contributed by atoms with van der Waals surface area (Å²) in [7, 11) is 0. The molecule has 0 aliphatic heterocycles. The molecule has 0 spiro atoms. The maximum Gasteiger partial charge on any atom is 0.122 e. The molecule has 8 heavy (non-hydrogen) atoms. The molecule has 0 aromatic carbocycles. The molecule has 42 valence electrons. The number of rotatable bonds is 1. The first-order valence-corrected chi connectivity index (χ1v) is 3.98. The molecule has 0 radical (unpaired) electrons. The highest BCUT2D eigenvalue weighted by Gasteiger charge is 1.93. The number of hydrogen-bond acceptors (Lipinski definition) is 2. The van der Waals surface area contributed by atoms with Gasteiger partial charge in [0.15, 0.2) is 0 Å². The Balaban J connectivity index is 3.09. The third-order valence-electron chi connectivity index (χ3n) is 0.771. The van der Waals surface area contributed by atoms with Gasteiger partial charge in [0, 0.05) is 10.9 Å². The van der Waals surface area contributed by atoms with Gasteiger partial charge in [-0.25, -0.2) is 0 Å². The average Bonchev–Trinajstić information content (AvgIpc) is 2.14. The molecule has 0 amide bonds. The number of halogens is 1. The van der Waals surface area contributed by atoms with Gasteiger partial charge in [-0.3, -0.25) is 0 Å². The van der Waals surface area contributed by atoms with Crippen molar-refractivity contribution in [1.82, 2.24) is 4.37 Å². The fraction of sp³-hybridized carbons (Fsp3) is 0. The Labute approximate surface area is 65.7 Å². The van der Waals surface area contributed by atoms with E-state index in [2.05, 4.69) is 33.5 Å². The summed E-state index contributed by atoms with van der Waals surface area (Å²) in [6.45, 7) is 3.63. The molecule has 0 fully saturated rings. The lowest BCUT2D eigenvalue weighted by molar-refractivity contribution is 1.47. The SMILES string of the molecule is C=Cc1csnc1I. The lowest BCUT2D eigenvalue weighted by atomic mass is 10.4. The van der Waals surface area contributed by atoms with Crippen LogP contribution in [0.1, 0.15) is 5.56 Å². The molecule has 3 heteroatoms. The molecule has 0 aliphatic rings. The van der Waals surface area contributed by atoms with E-state index in [-0.39, 0.29) is 0 Å². The average molecular weight is 237 g/mol. The van der Waals surface area contributed by atoms with Crippen molar-refractivity contribution in [3.05, 3.63) is 21.2 Å². The highest BCUT2D eigenvalue weighted by Crippen LogP contribution is 2.12. The highest BCUT2D eigenvalue weighted by molar-refractivity contribution is 14.1. The van der Waals surface area contributed by atoms with Gasteiger partial charge in [-0.1, -0.05) is 12.7 Å². The van der Waals surface area contributed by atoms with Crippen molar-refractivity contribution >= 4 is 40.2 Å². The van der Waals surface area contributed by atoms with Crippen LogP contribution in [-0.4, -0.2) is 4.37 Å². The lowest BCUT2D eigenvalue weighted by Gasteiger charge is -1.78. The van der Waals surface area contributed by atoms with Crippen LogP contribution in [0, 0.1) is 3.70 Å². The standard InChI is InChI=1S/C5H4INS/c1-2-4-3-8-7-5(4)6/h2-3H,1H2. The van der Waals surface area contributed by atoms with Gasteiger partial charge >= 0.3 is 0 Å². The third-order valence-corrected chi connectivity index (χ3v) is 2.61. The van der Waals surface area contributed by atoms with E-state index in [1.807, 2.05) is 11.5 Å². The molecule has 1 aromatic heterocycles. The van der Waals surface area contributed by atoms with Crippen molar-refractivity contribution in [3.63, 3.8) is 0 Å². The summed E-state index contributed by atoms with van der Waals surface area (Å²) in [5, 5.41) is 1.98. The molecule has 0 saturated heterocycles. The van der Waals surface area contributed by atoms with Crippen LogP contribution in [0.15, 0.2) is 12.0 Å². The van der Waals surface area contributed by atoms with Gasteiger partial charge in [-0.05, 0) is 34.1 Å². The van der Waals surface area contributed by atoms with Crippen molar-refractivity contribution in [2.75, 3.05) is 0 Å². The minimum atomic E-state index is 1.04. The topological polar surface area (TPSA) is 12.9 Å². The van der Waals surface area contributed by atoms with E-state index in [9.17, 15) is 0 Å². The van der Waals surface area contributed by atoms with Crippen LogP contribution in [0.4, 0.5) is 0 Å². The summed E-state index contributed by atoms with van der Waals surface area (Å²) in [4.78, 5) is 0. The van der Waals surface area contributed by atoms with E-state index in [0.717, 1.165) is 9.26 Å². The predicted molar refractivity (Wildman–Crippen MR) is 44.9 cm³/mol. The molecule has 0 unspecified atom stereocenters. The molecular weight excluding hydrogens is 233 g/mol. The summed E-state index contributed by atoms with van der Waals surface area (Å²) in [6, 6.07) is 0. The second-order valence-corrected chi connectivity index (χ2v) is 2.92. The Morgan fingerprint density at radius 2 is 2.62 bits per heavy atom. The summed E-state index contributed by atoms with van der Waals surface area (Å²) in [5.74, 6) is 0. The first-order chi connectivity index (χ1) is 3.84. The van der Waals surface area contributed by atoms with Crippen LogP contribution in [0.2, 0.25) is 0 Å². The van der Waals surface area contributed by atoms with Gasteiger partial charge in [0.2, 0.25) is 0 Å². The maximum absolute atomic E-state index is 4.04. The summed E-state index contributed by atoms with van der Waals surface area (Å²) < 4.78 is 5.09. The number of hydrogen-bond donors (Lipinski definition) is 0. The first kappa shape index (κ1) is 6.22. The van der Waals surface area contributed by atoms with E-state index in [1.165, 1.54) is 11.5 Å². The molecule has 0 bridgehead atoms. The molecular formula is C5H4INS. The van der Waals surface area contributed by atoms with Crippen LogP contribution >= 0.6 is 34.1 Å². The zero-order valence-electron chi connectivity index (χ0n) is 4.10. The molecule has 0 atom stereocenters. The van der Waals surface area contributed by atoms with Gasteiger partial charge in [-0.2, -0.15) is 4.37 Å². The molecule has 0 saturated carbocycles. The van der Waals surface area contributed by atoms with E-state index in [1.54, 1.807) is 0 Å². The van der Waals surface area contributed by atoms with Crippen LogP contribution in [0.3, 0.4) is 0 Å². The fourth-order valence-corrected chi connectivity index (χ4v) is 1.86. The Kier molecular flexibility index (Phi) is 2.01. The Hall–Kier alpha value is 0.100. The van der Waals surface area contributed by atoms with Gasteiger partial charge in [0.05, 0.1) is 0 Å². The second kappa shape index (κ2) is 2.59. The fourth-order valence-electron chi connectivity index (χ4n) is 0.363. The summed E-state index contributed by atoms with van der Waals surface area (Å²) in [6.07, 6.45) is 1.81. The zero-order valence-corrected chi connectivity index (χ0v) is 7.07. The molecule has 1 rings (SSSR count). The van der Waals surface area contributed by atoms with Gasteiger partial charge in [0.25, 0.3) is 0 Å². The van der Waals surface area contributed by atoms with E-state index >= 15 is 0 Å². The molecule has 1 nitrogen and oxygen atoms in total. The van der Waals surface area contributed by atoms with Crippen molar-refractivity contribution in [2.45, 2.75) is 0 Å². The first-order valence-electron chi connectivity index (χ1n) is 2.07. The van der Waals surface area contributed by atoms with Gasteiger partial charge in [0.1, 0.15) is 3.70 Å².